The summed E-state index contributed by atoms with van der Waals surface area (Å²) in [6, 6.07) is 0. The highest BCUT2D eigenvalue weighted by Crippen LogP contribution is 2.62. The van der Waals surface area contributed by atoms with Gasteiger partial charge in [-0.3, -0.25) is 0 Å². The summed E-state index contributed by atoms with van der Waals surface area (Å²) in [5.41, 5.74) is 10.8. The minimum absolute atomic E-state index is 0.240. The molecule has 3 atom stereocenters. The van der Waals surface area contributed by atoms with Crippen molar-refractivity contribution in [2.24, 2.45) is 28.7 Å². The summed E-state index contributed by atoms with van der Waals surface area (Å²) in [6.45, 7) is 4.44. The molecule has 3 aliphatic rings. The van der Waals surface area contributed by atoms with E-state index in [2.05, 4.69) is 13.8 Å². The maximum absolute atomic E-state index is 10.3. The molecular weight excluding hydrogens is 164 g/mol. The quantitative estimate of drug-likeness (QED) is 0.517. The van der Waals surface area contributed by atoms with Crippen molar-refractivity contribution < 1.29 is 5.11 Å². The predicted octanol–water partition coefficient (Wildman–Crippen LogP) is 0.417. The van der Waals surface area contributed by atoms with Gasteiger partial charge in [0.1, 0.15) is 0 Å². The Labute approximate surface area is 79.5 Å². The lowest BCUT2D eigenvalue weighted by molar-refractivity contribution is -0.210. The van der Waals surface area contributed by atoms with Crippen LogP contribution < -0.4 is 11.5 Å². The molecule has 5 N–H and O–H groups in total. The van der Waals surface area contributed by atoms with Crippen LogP contribution in [0, 0.1) is 17.3 Å². The van der Waals surface area contributed by atoms with Crippen LogP contribution in [0.4, 0.5) is 0 Å². The largest absolute Gasteiger partial charge is 0.387 e. The number of nitrogens with two attached hydrogens (primary N) is 2. The fraction of sp³-hybridized carbons (Fsp3) is 1.00. The van der Waals surface area contributed by atoms with E-state index >= 15 is 0 Å². The Morgan fingerprint density at radius 2 is 2.00 bits per heavy atom. The third-order valence-electron chi connectivity index (χ3n) is 4.54. The Hall–Kier alpha value is -0.120. The van der Waals surface area contributed by atoms with E-state index in [9.17, 15) is 5.11 Å². The van der Waals surface area contributed by atoms with Gasteiger partial charge in [-0.05, 0) is 36.5 Å². The van der Waals surface area contributed by atoms with Gasteiger partial charge in [0.2, 0.25) is 0 Å². The molecule has 3 fully saturated rings. The van der Waals surface area contributed by atoms with Crippen LogP contribution in [-0.4, -0.2) is 16.9 Å². The molecule has 3 heteroatoms. The average Bonchev–Trinajstić information content (AvgIpc) is 2.03. The number of rotatable bonds is 1. The van der Waals surface area contributed by atoms with Gasteiger partial charge < -0.3 is 16.6 Å². The molecule has 2 bridgehead atoms. The van der Waals surface area contributed by atoms with Crippen LogP contribution in [0.3, 0.4) is 0 Å². The van der Waals surface area contributed by atoms with Crippen molar-refractivity contribution in [3.63, 3.8) is 0 Å². The number of fused-ring (bicyclic) bond motifs is 2. The Morgan fingerprint density at radius 3 is 2.31 bits per heavy atom. The van der Waals surface area contributed by atoms with E-state index < -0.39 is 11.8 Å². The highest BCUT2D eigenvalue weighted by molar-refractivity contribution is 5.12. The highest BCUT2D eigenvalue weighted by Gasteiger charge is 2.61. The van der Waals surface area contributed by atoms with E-state index in [1.807, 2.05) is 0 Å². The zero-order valence-electron chi connectivity index (χ0n) is 8.46. The molecule has 76 valence electrons. The molecule has 13 heavy (non-hydrogen) atoms. The van der Waals surface area contributed by atoms with Gasteiger partial charge in [-0.1, -0.05) is 13.8 Å². The zero-order chi connectivity index (χ0) is 9.85. The summed E-state index contributed by atoms with van der Waals surface area (Å²) < 4.78 is 0. The first-order valence-corrected chi connectivity index (χ1v) is 5.12. The Morgan fingerprint density at radius 1 is 1.38 bits per heavy atom. The monoisotopic (exact) mass is 184 g/mol. The van der Waals surface area contributed by atoms with Crippen molar-refractivity contribution in [3.8, 4) is 0 Å². The summed E-state index contributed by atoms with van der Waals surface area (Å²) in [5.74, 6) is 1.08. The Kier molecular flexibility index (Phi) is 1.79. The van der Waals surface area contributed by atoms with Gasteiger partial charge in [0.05, 0.1) is 11.8 Å². The molecule has 0 aliphatic heterocycles. The molecule has 0 aromatic rings. The molecule has 0 heterocycles. The third-order valence-corrected chi connectivity index (χ3v) is 4.54. The summed E-state index contributed by atoms with van der Waals surface area (Å²) in [5, 5.41) is 10.3. The number of hydrogen-bond acceptors (Lipinski definition) is 3. The van der Waals surface area contributed by atoms with Crippen LogP contribution in [0.15, 0.2) is 0 Å². The van der Waals surface area contributed by atoms with Gasteiger partial charge in [-0.15, -0.1) is 0 Å². The second-order valence-corrected chi connectivity index (χ2v) is 5.36. The van der Waals surface area contributed by atoms with Crippen LogP contribution in [-0.2, 0) is 0 Å². The van der Waals surface area contributed by atoms with Gasteiger partial charge in [0.25, 0.3) is 0 Å². The normalized spacial score (nSPS) is 47.5. The second-order valence-electron chi connectivity index (χ2n) is 5.36. The summed E-state index contributed by atoms with van der Waals surface area (Å²) in [7, 11) is 0. The van der Waals surface area contributed by atoms with Crippen LogP contribution in [0.25, 0.3) is 0 Å². The first kappa shape index (κ1) is 9.44. The van der Waals surface area contributed by atoms with Crippen LogP contribution >= 0.6 is 0 Å². The lowest BCUT2D eigenvalue weighted by Gasteiger charge is -2.64. The van der Waals surface area contributed by atoms with Gasteiger partial charge in [0, 0.05) is 0 Å². The van der Waals surface area contributed by atoms with Crippen molar-refractivity contribution in [1.82, 2.24) is 0 Å². The van der Waals surface area contributed by atoms with E-state index in [1.54, 1.807) is 0 Å². The van der Waals surface area contributed by atoms with Gasteiger partial charge in [0.15, 0.2) is 0 Å². The topological polar surface area (TPSA) is 72.3 Å². The van der Waals surface area contributed by atoms with Crippen molar-refractivity contribution in [2.45, 2.75) is 44.9 Å². The molecule has 0 radical (unpaired) electrons. The van der Waals surface area contributed by atoms with Crippen molar-refractivity contribution in [3.05, 3.63) is 0 Å². The lowest BCUT2D eigenvalue weighted by atomic mass is 9.43. The SMILES string of the molecule is CC1(C)C2CCC(O)(C(N)N)C1C2. The lowest BCUT2D eigenvalue weighted by Crippen LogP contribution is -2.69. The molecule has 0 aromatic heterocycles. The van der Waals surface area contributed by atoms with E-state index in [-0.39, 0.29) is 5.41 Å². The molecule has 3 rings (SSSR count). The molecule has 3 nitrogen and oxygen atoms in total. The summed E-state index contributed by atoms with van der Waals surface area (Å²) in [6.07, 6.45) is 2.38. The predicted molar refractivity (Wildman–Crippen MR) is 51.7 cm³/mol. The van der Waals surface area contributed by atoms with E-state index in [0.29, 0.717) is 5.92 Å². The fourth-order valence-electron chi connectivity index (χ4n) is 3.33. The minimum atomic E-state index is -0.807. The first-order valence-electron chi connectivity index (χ1n) is 5.12. The number of aliphatic hydroxyl groups is 1. The molecular formula is C10H20N2O. The molecule has 0 amide bonds. The first-order chi connectivity index (χ1) is 5.89. The highest BCUT2D eigenvalue weighted by atomic mass is 16.3. The number of hydrogen-bond donors (Lipinski definition) is 3. The van der Waals surface area contributed by atoms with E-state index in [1.165, 1.54) is 0 Å². The second kappa shape index (κ2) is 2.47. The maximum atomic E-state index is 10.3. The van der Waals surface area contributed by atoms with Gasteiger partial charge in [-0.25, -0.2) is 0 Å². The molecule has 3 aliphatic carbocycles. The van der Waals surface area contributed by atoms with Crippen molar-refractivity contribution in [2.75, 3.05) is 0 Å². The standard InChI is InChI=1S/C10H20N2O/c1-9(2)6-3-4-10(13,8(11)12)7(9)5-6/h6-8,13H,3-5,11-12H2,1-2H3. The molecule has 3 saturated carbocycles. The van der Waals surface area contributed by atoms with Crippen molar-refractivity contribution in [1.29, 1.82) is 0 Å². The van der Waals surface area contributed by atoms with E-state index in [4.69, 9.17) is 11.5 Å². The van der Waals surface area contributed by atoms with Crippen LogP contribution in [0.5, 0.6) is 0 Å². The van der Waals surface area contributed by atoms with Crippen LogP contribution in [0.2, 0.25) is 0 Å². The Balaban J connectivity index is 2.24. The summed E-state index contributed by atoms with van der Waals surface area (Å²) >= 11 is 0. The molecule has 0 spiro atoms. The third kappa shape index (κ3) is 1.01. The molecule has 0 aromatic carbocycles. The smallest absolute Gasteiger partial charge is 0.0960 e. The summed E-state index contributed by atoms with van der Waals surface area (Å²) in [4.78, 5) is 0. The van der Waals surface area contributed by atoms with Crippen LogP contribution in [0.1, 0.15) is 33.1 Å². The molecule has 3 unspecified atom stereocenters. The van der Waals surface area contributed by atoms with Gasteiger partial charge >= 0.3 is 0 Å². The van der Waals surface area contributed by atoms with Gasteiger partial charge in [-0.2, -0.15) is 0 Å². The molecule has 0 saturated heterocycles. The van der Waals surface area contributed by atoms with E-state index in [0.717, 1.165) is 25.2 Å². The zero-order valence-corrected chi connectivity index (χ0v) is 8.46. The Bertz CT molecular complexity index is 225. The fourth-order valence-corrected chi connectivity index (χ4v) is 3.33. The maximum Gasteiger partial charge on any atom is 0.0960 e. The minimum Gasteiger partial charge on any atom is -0.387 e. The average molecular weight is 184 g/mol. The van der Waals surface area contributed by atoms with Crippen molar-refractivity contribution >= 4 is 0 Å².